The van der Waals surface area contributed by atoms with Crippen LogP contribution < -0.4 is 16.4 Å². The van der Waals surface area contributed by atoms with E-state index >= 15 is 0 Å². The standard InChI is InChI=1S/C16H19N3O3S/c1-9(11-5-3-7-22-11)18-8-13(20)19-16-14(15(17)21)10-4-2-6-12(10)23-16/h3,5,7,9,18H,2,4,6,8H2,1H3,(H2,17,21)(H,19,20)/p+1/t9-/m1/s1. The van der Waals surface area contributed by atoms with Crippen LogP contribution in [0.1, 0.15) is 45.9 Å². The van der Waals surface area contributed by atoms with Gasteiger partial charge in [0, 0.05) is 4.88 Å². The van der Waals surface area contributed by atoms with Crippen LogP contribution in [0.5, 0.6) is 0 Å². The topological polar surface area (TPSA) is 102 Å². The van der Waals surface area contributed by atoms with Gasteiger partial charge in [-0.1, -0.05) is 0 Å². The van der Waals surface area contributed by atoms with E-state index in [-0.39, 0.29) is 18.5 Å². The summed E-state index contributed by atoms with van der Waals surface area (Å²) >= 11 is 1.47. The molecule has 23 heavy (non-hydrogen) atoms. The molecule has 2 aromatic heterocycles. The number of hydrogen-bond donors (Lipinski definition) is 3. The maximum atomic E-state index is 12.2. The zero-order valence-electron chi connectivity index (χ0n) is 12.9. The first-order chi connectivity index (χ1) is 11.1. The van der Waals surface area contributed by atoms with E-state index in [0.29, 0.717) is 10.6 Å². The number of nitrogens with one attached hydrogen (secondary N) is 1. The number of anilines is 1. The minimum Gasteiger partial charge on any atom is -0.463 e. The molecular weight excluding hydrogens is 314 g/mol. The summed E-state index contributed by atoms with van der Waals surface area (Å²) in [5.41, 5.74) is 7.00. The molecule has 1 aliphatic rings. The monoisotopic (exact) mass is 334 g/mol. The number of nitrogens with two attached hydrogens (primary N) is 2. The fourth-order valence-electron chi connectivity index (χ4n) is 2.88. The Morgan fingerprint density at radius 1 is 1.48 bits per heavy atom. The van der Waals surface area contributed by atoms with Crippen LogP contribution in [0.3, 0.4) is 0 Å². The van der Waals surface area contributed by atoms with Crippen LogP contribution in [0.15, 0.2) is 22.8 Å². The third-order valence-electron chi connectivity index (χ3n) is 4.07. The van der Waals surface area contributed by atoms with Crippen LogP contribution in [-0.2, 0) is 17.6 Å². The Bertz CT molecular complexity index is 721. The van der Waals surface area contributed by atoms with E-state index < -0.39 is 5.91 Å². The first-order valence-corrected chi connectivity index (χ1v) is 8.49. The molecule has 0 saturated heterocycles. The van der Waals surface area contributed by atoms with Crippen molar-refractivity contribution >= 4 is 28.2 Å². The van der Waals surface area contributed by atoms with Crippen molar-refractivity contribution in [1.82, 2.24) is 0 Å². The number of amides is 2. The number of carbonyl (C=O) groups excluding carboxylic acids is 2. The molecule has 1 aliphatic carbocycles. The van der Waals surface area contributed by atoms with Crippen molar-refractivity contribution in [3.8, 4) is 0 Å². The highest BCUT2D eigenvalue weighted by Crippen LogP contribution is 2.38. The Hall–Kier alpha value is -2.12. The van der Waals surface area contributed by atoms with E-state index in [4.69, 9.17) is 10.2 Å². The smallest absolute Gasteiger partial charge is 0.280 e. The quantitative estimate of drug-likeness (QED) is 0.739. The first kappa shape index (κ1) is 15.8. The number of quaternary nitrogens is 1. The van der Waals surface area contributed by atoms with Gasteiger partial charge in [0.15, 0.2) is 12.3 Å². The zero-order chi connectivity index (χ0) is 16.4. The summed E-state index contributed by atoms with van der Waals surface area (Å²) in [7, 11) is 0. The van der Waals surface area contributed by atoms with E-state index in [1.807, 2.05) is 24.4 Å². The Labute approximate surface area is 138 Å². The summed E-state index contributed by atoms with van der Waals surface area (Å²) in [6, 6.07) is 3.76. The normalized spacial score (nSPS) is 14.5. The number of fused-ring (bicyclic) bond motifs is 1. The minimum absolute atomic E-state index is 0.0553. The van der Waals surface area contributed by atoms with E-state index in [2.05, 4.69) is 5.32 Å². The van der Waals surface area contributed by atoms with Gasteiger partial charge in [0.1, 0.15) is 11.0 Å². The highest BCUT2D eigenvalue weighted by molar-refractivity contribution is 7.17. The van der Waals surface area contributed by atoms with Crippen molar-refractivity contribution in [3.05, 3.63) is 40.2 Å². The molecule has 7 heteroatoms. The van der Waals surface area contributed by atoms with Crippen molar-refractivity contribution in [1.29, 1.82) is 0 Å². The van der Waals surface area contributed by atoms with E-state index in [1.165, 1.54) is 16.2 Å². The Morgan fingerprint density at radius 3 is 3.00 bits per heavy atom. The molecule has 2 heterocycles. The lowest BCUT2D eigenvalue weighted by atomic mass is 10.1. The molecule has 2 aromatic rings. The second-order valence-corrected chi connectivity index (χ2v) is 6.82. The second-order valence-electron chi connectivity index (χ2n) is 5.72. The Balaban J connectivity index is 1.63. The van der Waals surface area contributed by atoms with Crippen molar-refractivity contribution in [2.24, 2.45) is 5.73 Å². The van der Waals surface area contributed by atoms with E-state index in [9.17, 15) is 9.59 Å². The molecule has 5 N–H and O–H groups in total. The number of aryl methyl sites for hydroxylation is 1. The van der Waals surface area contributed by atoms with E-state index in [0.717, 1.165) is 30.6 Å². The van der Waals surface area contributed by atoms with Crippen molar-refractivity contribution < 1.29 is 19.3 Å². The van der Waals surface area contributed by atoms with Gasteiger partial charge in [-0.2, -0.15) is 0 Å². The second kappa shape index (κ2) is 6.55. The molecule has 0 saturated carbocycles. The van der Waals surface area contributed by atoms with Crippen LogP contribution in [-0.4, -0.2) is 18.4 Å². The molecule has 0 spiro atoms. The van der Waals surface area contributed by atoms with Crippen molar-refractivity contribution in [2.75, 3.05) is 11.9 Å². The highest BCUT2D eigenvalue weighted by atomic mass is 32.1. The molecule has 0 radical (unpaired) electrons. The summed E-state index contributed by atoms with van der Waals surface area (Å²) in [4.78, 5) is 25.0. The van der Waals surface area contributed by atoms with Crippen LogP contribution >= 0.6 is 11.3 Å². The van der Waals surface area contributed by atoms with Gasteiger partial charge in [0.2, 0.25) is 0 Å². The van der Waals surface area contributed by atoms with Gasteiger partial charge < -0.3 is 20.8 Å². The number of rotatable bonds is 6. The SMILES string of the molecule is C[C@@H]([NH2+]CC(=O)Nc1sc2c(c1C(N)=O)CCC2)c1ccco1. The molecule has 0 aliphatic heterocycles. The maximum absolute atomic E-state index is 12.2. The summed E-state index contributed by atoms with van der Waals surface area (Å²) in [5.74, 6) is 0.212. The van der Waals surface area contributed by atoms with Gasteiger partial charge >= 0.3 is 0 Å². The van der Waals surface area contributed by atoms with E-state index in [1.54, 1.807) is 6.26 Å². The molecule has 0 bridgehead atoms. The van der Waals surface area contributed by atoms with Gasteiger partial charge in [0.05, 0.1) is 11.8 Å². The fourth-order valence-corrected chi connectivity index (χ4v) is 4.19. The molecule has 0 fully saturated rings. The number of hydrogen-bond acceptors (Lipinski definition) is 4. The molecule has 3 rings (SSSR count). The fraction of sp³-hybridized carbons (Fsp3) is 0.375. The maximum Gasteiger partial charge on any atom is 0.280 e. The molecule has 2 amide bonds. The number of carbonyl (C=O) groups is 2. The number of primary amides is 1. The number of thiophene rings is 1. The lowest BCUT2D eigenvalue weighted by Gasteiger charge is -2.09. The molecule has 122 valence electrons. The van der Waals surface area contributed by atoms with Gasteiger partial charge in [-0.3, -0.25) is 9.59 Å². The van der Waals surface area contributed by atoms with Crippen molar-refractivity contribution in [2.45, 2.75) is 32.2 Å². The van der Waals surface area contributed by atoms with Crippen LogP contribution in [0.4, 0.5) is 5.00 Å². The Kier molecular flexibility index (Phi) is 4.49. The number of furan rings is 1. The molecular formula is C16H20N3O3S+. The predicted octanol–water partition coefficient (Wildman–Crippen LogP) is 1.19. The molecule has 0 unspecified atom stereocenters. The van der Waals surface area contributed by atoms with Gasteiger partial charge in [-0.25, -0.2) is 0 Å². The van der Waals surface area contributed by atoms with Crippen LogP contribution in [0.2, 0.25) is 0 Å². The molecule has 6 nitrogen and oxygen atoms in total. The molecule has 1 atom stereocenters. The predicted molar refractivity (Wildman–Crippen MR) is 87.4 cm³/mol. The summed E-state index contributed by atoms with van der Waals surface area (Å²) < 4.78 is 5.32. The third kappa shape index (κ3) is 3.30. The average molecular weight is 334 g/mol. The van der Waals surface area contributed by atoms with Gasteiger partial charge in [0.25, 0.3) is 11.8 Å². The summed E-state index contributed by atoms with van der Waals surface area (Å²) in [6.45, 7) is 2.23. The average Bonchev–Trinajstić information content (AvgIpc) is 3.20. The van der Waals surface area contributed by atoms with Gasteiger partial charge in [-0.05, 0) is 43.9 Å². The van der Waals surface area contributed by atoms with Crippen molar-refractivity contribution in [3.63, 3.8) is 0 Å². The zero-order valence-corrected chi connectivity index (χ0v) is 13.7. The Morgan fingerprint density at radius 2 is 2.30 bits per heavy atom. The minimum atomic E-state index is -0.465. The van der Waals surface area contributed by atoms with Gasteiger partial charge in [-0.15, -0.1) is 11.3 Å². The summed E-state index contributed by atoms with van der Waals surface area (Å²) in [6.07, 6.45) is 4.48. The van der Waals surface area contributed by atoms with Crippen LogP contribution in [0, 0.1) is 0 Å². The summed E-state index contributed by atoms with van der Waals surface area (Å²) in [5, 5.41) is 5.32. The first-order valence-electron chi connectivity index (χ1n) is 7.67. The molecule has 0 aromatic carbocycles. The lowest BCUT2D eigenvalue weighted by Crippen LogP contribution is -2.86. The third-order valence-corrected chi connectivity index (χ3v) is 5.28. The lowest BCUT2D eigenvalue weighted by molar-refractivity contribution is -0.684. The van der Waals surface area contributed by atoms with Crippen LogP contribution in [0.25, 0.3) is 0 Å². The highest BCUT2D eigenvalue weighted by Gasteiger charge is 2.26. The largest absolute Gasteiger partial charge is 0.463 e.